The third-order valence-electron chi connectivity index (χ3n) is 5.74. The molecule has 0 bridgehead atoms. The lowest BCUT2D eigenvalue weighted by atomic mass is 9.95. The Morgan fingerprint density at radius 1 is 1.23 bits per heavy atom. The highest BCUT2D eigenvalue weighted by atomic mass is 35.5. The van der Waals surface area contributed by atoms with Gasteiger partial charge < -0.3 is 14.2 Å². The van der Waals surface area contributed by atoms with E-state index in [2.05, 4.69) is 10.3 Å². The molecule has 1 amide bonds. The summed E-state index contributed by atoms with van der Waals surface area (Å²) in [7, 11) is 0. The number of amides is 1. The molecule has 10 heteroatoms. The van der Waals surface area contributed by atoms with Crippen molar-refractivity contribution in [1.82, 2.24) is 5.32 Å². The molecule has 0 aliphatic heterocycles. The van der Waals surface area contributed by atoms with Crippen molar-refractivity contribution in [3.8, 4) is 11.3 Å². The standard InChI is InChI=1S/C25H20ClN3O5S/c26-15-7-9-18(20(12-15)29(31)32)21-10-8-17(34-21)14-28-25-23(19-5-1-2-6-22(19)35-25)24(30)27-13-16-4-3-11-33-16/h3-4,7-12,14H,1-2,5-6,13H2,(H,27,30)/b28-14-. The first-order valence-electron chi connectivity index (χ1n) is 11.0. The van der Waals surface area contributed by atoms with Gasteiger partial charge in [0.2, 0.25) is 0 Å². The average Bonchev–Trinajstić information content (AvgIpc) is 3.61. The van der Waals surface area contributed by atoms with Crippen LogP contribution in [0.4, 0.5) is 10.7 Å². The molecule has 5 rings (SSSR count). The molecule has 0 spiro atoms. The zero-order valence-electron chi connectivity index (χ0n) is 18.5. The van der Waals surface area contributed by atoms with E-state index in [0.29, 0.717) is 40.0 Å². The van der Waals surface area contributed by atoms with Gasteiger partial charge in [-0.25, -0.2) is 4.99 Å². The van der Waals surface area contributed by atoms with E-state index in [1.807, 2.05) is 6.07 Å². The number of rotatable bonds is 7. The lowest BCUT2D eigenvalue weighted by Gasteiger charge is -2.12. The summed E-state index contributed by atoms with van der Waals surface area (Å²) in [6.45, 7) is 0.293. The molecule has 178 valence electrons. The van der Waals surface area contributed by atoms with Gasteiger partial charge in [0.25, 0.3) is 11.6 Å². The Hall–Kier alpha value is -3.69. The lowest BCUT2D eigenvalue weighted by molar-refractivity contribution is -0.384. The maximum absolute atomic E-state index is 13.1. The molecule has 0 atom stereocenters. The number of hydrogen-bond donors (Lipinski definition) is 1. The third kappa shape index (κ3) is 4.91. The number of hydrogen-bond acceptors (Lipinski definition) is 7. The maximum atomic E-state index is 13.1. The van der Waals surface area contributed by atoms with E-state index < -0.39 is 4.92 Å². The quantitative estimate of drug-likeness (QED) is 0.169. The van der Waals surface area contributed by atoms with Crippen molar-refractivity contribution in [2.75, 3.05) is 0 Å². The number of nitro benzene ring substituents is 1. The molecule has 3 aromatic heterocycles. The minimum atomic E-state index is -0.499. The summed E-state index contributed by atoms with van der Waals surface area (Å²) in [6, 6.07) is 11.3. The largest absolute Gasteiger partial charge is 0.467 e. The summed E-state index contributed by atoms with van der Waals surface area (Å²) in [6.07, 6.45) is 7.00. The summed E-state index contributed by atoms with van der Waals surface area (Å²) < 4.78 is 11.1. The first-order chi connectivity index (χ1) is 17.0. The van der Waals surface area contributed by atoms with Crippen LogP contribution in [0.15, 0.2) is 62.6 Å². The fourth-order valence-electron chi connectivity index (χ4n) is 4.10. The summed E-state index contributed by atoms with van der Waals surface area (Å²) in [5.41, 5.74) is 1.83. The van der Waals surface area contributed by atoms with Crippen molar-refractivity contribution in [1.29, 1.82) is 0 Å². The van der Waals surface area contributed by atoms with Gasteiger partial charge in [-0.2, -0.15) is 0 Å². The molecule has 35 heavy (non-hydrogen) atoms. The summed E-state index contributed by atoms with van der Waals surface area (Å²) >= 11 is 7.43. The first kappa shape index (κ1) is 23.1. The minimum Gasteiger partial charge on any atom is -0.467 e. The molecule has 3 heterocycles. The van der Waals surface area contributed by atoms with Gasteiger partial charge in [0.05, 0.1) is 35.1 Å². The number of carbonyl (C=O) groups excluding carboxylic acids is 1. The number of thiophene rings is 1. The van der Waals surface area contributed by atoms with Crippen LogP contribution in [-0.4, -0.2) is 17.0 Å². The predicted octanol–water partition coefficient (Wildman–Crippen LogP) is 6.72. The third-order valence-corrected chi connectivity index (χ3v) is 7.18. The number of nitro groups is 1. The number of aliphatic imine (C=N–C) groups is 1. The number of nitrogens with zero attached hydrogens (tertiary/aromatic N) is 2. The minimum absolute atomic E-state index is 0.142. The smallest absolute Gasteiger partial charge is 0.281 e. The van der Waals surface area contributed by atoms with Gasteiger partial charge in [-0.05, 0) is 67.6 Å². The predicted molar refractivity (Wildman–Crippen MR) is 134 cm³/mol. The van der Waals surface area contributed by atoms with Crippen molar-refractivity contribution >= 4 is 45.7 Å². The van der Waals surface area contributed by atoms with Crippen LogP contribution in [-0.2, 0) is 19.4 Å². The average molecular weight is 510 g/mol. The van der Waals surface area contributed by atoms with Crippen LogP contribution in [0.5, 0.6) is 0 Å². The van der Waals surface area contributed by atoms with Crippen LogP contribution in [0.1, 0.15) is 45.2 Å². The zero-order valence-corrected chi connectivity index (χ0v) is 20.0. The number of nitrogens with one attached hydrogen (secondary N) is 1. The second-order valence-corrected chi connectivity index (χ2v) is 9.55. The van der Waals surface area contributed by atoms with Crippen LogP contribution in [0.3, 0.4) is 0 Å². The topological polar surface area (TPSA) is 111 Å². The highest BCUT2D eigenvalue weighted by Gasteiger charge is 2.25. The van der Waals surface area contributed by atoms with Gasteiger partial charge in [-0.1, -0.05) is 11.6 Å². The molecule has 1 N–H and O–H groups in total. The molecule has 0 saturated carbocycles. The van der Waals surface area contributed by atoms with Gasteiger partial charge in [-0.3, -0.25) is 14.9 Å². The Labute approximate surface area is 209 Å². The number of halogens is 1. The van der Waals surface area contributed by atoms with E-state index in [9.17, 15) is 14.9 Å². The first-order valence-corrected chi connectivity index (χ1v) is 12.2. The summed E-state index contributed by atoms with van der Waals surface area (Å²) in [5, 5.41) is 15.2. The molecular weight excluding hydrogens is 490 g/mol. The van der Waals surface area contributed by atoms with Crippen molar-refractivity contribution in [2.24, 2.45) is 4.99 Å². The number of carbonyl (C=O) groups is 1. The molecular formula is C25H20ClN3O5S. The Balaban J connectivity index is 1.42. The monoisotopic (exact) mass is 509 g/mol. The van der Waals surface area contributed by atoms with Crippen LogP contribution < -0.4 is 5.32 Å². The Morgan fingerprint density at radius 3 is 2.89 bits per heavy atom. The van der Waals surface area contributed by atoms with Gasteiger partial charge in [-0.15, -0.1) is 11.3 Å². The lowest BCUT2D eigenvalue weighted by Crippen LogP contribution is -2.23. The fourth-order valence-corrected chi connectivity index (χ4v) is 5.50. The molecule has 0 saturated heterocycles. The second kappa shape index (κ2) is 9.89. The molecule has 4 aromatic rings. The molecule has 1 aliphatic carbocycles. The maximum Gasteiger partial charge on any atom is 0.281 e. The number of aryl methyl sites for hydroxylation is 1. The molecule has 0 fully saturated rings. The van der Waals surface area contributed by atoms with Gasteiger partial charge >= 0.3 is 0 Å². The Morgan fingerprint density at radius 2 is 2.09 bits per heavy atom. The van der Waals surface area contributed by atoms with E-state index >= 15 is 0 Å². The normalized spacial score (nSPS) is 13.2. The van der Waals surface area contributed by atoms with E-state index in [1.54, 1.807) is 36.6 Å². The molecule has 0 unspecified atom stereocenters. The van der Waals surface area contributed by atoms with Gasteiger partial charge in [0.1, 0.15) is 22.3 Å². The van der Waals surface area contributed by atoms with E-state index in [4.69, 9.17) is 20.4 Å². The zero-order chi connectivity index (χ0) is 24.4. The van der Waals surface area contributed by atoms with E-state index in [1.165, 1.54) is 28.5 Å². The highest BCUT2D eigenvalue weighted by Crippen LogP contribution is 2.40. The summed E-state index contributed by atoms with van der Waals surface area (Å²) in [4.78, 5) is 29.8. The van der Waals surface area contributed by atoms with Crippen LogP contribution in [0.25, 0.3) is 11.3 Å². The Kier molecular flexibility index (Phi) is 6.52. The fraction of sp³-hybridized carbons (Fsp3) is 0.200. The number of fused-ring (bicyclic) bond motifs is 1. The van der Waals surface area contributed by atoms with Crippen LogP contribution in [0.2, 0.25) is 5.02 Å². The van der Waals surface area contributed by atoms with Crippen molar-refractivity contribution in [3.05, 3.63) is 91.4 Å². The van der Waals surface area contributed by atoms with E-state index in [0.717, 1.165) is 31.2 Å². The van der Waals surface area contributed by atoms with Crippen molar-refractivity contribution < 1.29 is 18.6 Å². The van der Waals surface area contributed by atoms with Crippen LogP contribution >= 0.6 is 22.9 Å². The van der Waals surface area contributed by atoms with Crippen molar-refractivity contribution in [2.45, 2.75) is 32.2 Å². The summed E-state index contributed by atoms with van der Waals surface area (Å²) in [5.74, 6) is 1.23. The molecule has 1 aliphatic rings. The Bertz CT molecular complexity index is 1420. The van der Waals surface area contributed by atoms with Gasteiger partial charge in [0.15, 0.2) is 0 Å². The number of furan rings is 2. The second-order valence-electron chi connectivity index (χ2n) is 8.03. The SMILES string of the molecule is O=C(NCc1ccco1)c1c(/N=C\c2ccc(-c3ccc(Cl)cc3[N+](=O)[O-])o2)sc2c1CCCC2. The highest BCUT2D eigenvalue weighted by molar-refractivity contribution is 7.16. The van der Waals surface area contributed by atoms with E-state index in [-0.39, 0.29) is 16.6 Å². The molecule has 1 aromatic carbocycles. The number of benzene rings is 1. The molecule has 0 radical (unpaired) electrons. The van der Waals surface area contributed by atoms with Crippen molar-refractivity contribution in [3.63, 3.8) is 0 Å². The molecule has 8 nitrogen and oxygen atoms in total. The van der Waals surface area contributed by atoms with Crippen LogP contribution in [0, 0.1) is 10.1 Å². The van der Waals surface area contributed by atoms with Gasteiger partial charge in [0, 0.05) is 16.0 Å².